The Bertz CT molecular complexity index is 436. The van der Waals surface area contributed by atoms with Gasteiger partial charge in [-0.05, 0) is 51.8 Å². The second-order valence-corrected chi connectivity index (χ2v) is 7.25. The molecule has 4 nitrogen and oxygen atoms in total. The van der Waals surface area contributed by atoms with Gasteiger partial charge in [0.25, 0.3) is 0 Å². The third-order valence-corrected chi connectivity index (χ3v) is 4.17. The second kappa shape index (κ2) is 6.95. The Hall–Kier alpha value is -0.840. The van der Waals surface area contributed by atoms with Gasteiger partial charge < -0.3 is 14.5 Å². The molecule has 0 saturated carbocycles. The van der Waals surface area contributed by atoms with Crippen LogP contribution in [-0.2, 0) is 17.8 Å². The number of likely N-dealkylation sites (tertiary alicyclic amines) is 1. The maximum absolute atomic E-state index is 5.93. The number of hydrogen-bond donors (Lipinski definition) is 1. The minimum atomic E-state index is 0.113. The van der Waals surface area contributed by atoms with Crippen molar-refractivity contribution in [2.45, 2.75) is 58.8 Å². The van der Waals surface area contributed by atoms with Crippen LogP contribution in [0.5, 0.6) is 0 Å². The maximum atomic E-state index is 5.93. The van der Waals surface area contributed by atoms with Crippen molar-refractivity contribution in [3.05, 3.63) is 23.7 Å². The number of nitrogens with one attached hydrogen (secondary N) is 1. The van der Waals surface area contributed by atoms with E-state index in [2.05, 4.69) is 50.0 Å². The molecule has 0 aromatic carbocycles. The number of furan rings is 1. The largest absolute Gasteiger partial charge is 0.463 e. The molecule has 4 heteroatoms. The lowest BCUT2D eigenvalue weighted by atomic mass is 9.96. The number of nitrogens with zero attached hydrogens (tertiary/aromatic N) is 1. The summed E-state index contributed by atoms with van der Waals surface area (Å²) in [5, 5.41) is 3.45. The number of rotatable bonds is 5. The van der Waals surface area contributed by atoms with Gasteiger partial charge in [-0.1, -0.05) is 6.92 Å². The standard InChI is InChI=1S/C17H30N2O2/c1-13-8-9-19(12-16(13)20-5)11-15-7-6-14(21-15)10-18-17(2,3)4/h6-7,13,16,18H,8-12H2,1-5H3. The van der Waals surface area contributed by atoms with E-state index < -0.39 is 0 Å². The molecule has 0 bridgehead atoms. The molecule has 0 radical (unpaired) electrons. The predicted octanol–water partition coefficient (Wildman–Crippen LogP) is 3.02. The van der Waals surface area contributed by atoms with Crippen LogP contribution in [0, 0.1) is 5.92 Å². The molecule has 1 saturated heterocycles. The SMILES string of the molecule is COC1CN(Cc2ccc(CNC(C)(C)C)o2)CCC1C. The first-order valence-corrected chi connectivity index (χ1v) is 7.95. The van der Waals surface area contributed by atoms with Gasteiger partial charge in [-0.2, -0.15) is 0 Å². The summed E-state index contributed by atoms with van der Waals surface area (Å²) in [7, 11) is 1.81. The molecule has 0 amide bonds. The first kappa shape index (κ1) is 16.5. The Morgan fingerprint density at radius 1 is 1.33 bits per heavy atom. The summed E-state index contributed by atoms with van der Waals surface area (Å²) in [4.78, 5) is 2.42. The van der Waals surface area contributed by atoms with Crippen LogP contribution in [0.15, 0.2) is 16.5 Å². The summed E-state index contributed by atoms with van der Waals surface area (Å²) < 4.78 is 11.5. The molecule has 120 valence electrons. The Morgan fingerprint density at radius 3 is 2.71 bits per heavy atom. The highest BCUT2D eigenvalue weighted by Crippen LogP contribution is 2.21. The number of hydrogen-bond acceptors (Lipinski definition) is 4. The number of ether oxygens (including phenoxy) is 1. The van der Waals surface area contributed by atoms with E-state index in [1.807, 2.05) is 7.11 Å². The lowest BCUT2D eigenvalue weighted by Crippen LogP contribution is -2.43. The van der Waals surface area contributed by atoms with Crippen LogP contribution >= 0.6 is 0 Å². The predicted molar refractivity (Wildman–Crippen MR) is 85.2 cm³/mol. The lowest BCUT2D eigenvalue weighted by molar-refractivity contribution is -0.00925. The monoisotopic (exact) mass is 294 g/mol. The molecule has 1 aliphatic heterocycles. The fraction of sp³-hybridized carbons (Fsp3) is 0.765. The van der Waals surface area contributed by atoms with Crippen molar-refractivity contribution >= 4 is 0 Å². The Morgan fingerprint density at radius 2 is 2.05 bits per heavy atom. The van der Waals surface area contributed by atoms with Gasteiger partial charge in [0.05, 0.1) is 19.2 Å². The zero-order valence-corrected chi connectivity index (χ0v) is 14.1. The van der Waals surface area contributed by atoms with Crippen molar-refractivity contribution in [2.24, 2.45) is 5.92 Å². The van der Waals surface area contributed by atoms with Crippen LogP contribution in [-0.4, -0.2) is 36.7 Å². The summed E-state index contributed by atoms with van der Waals surface area (Å²) in [6, 6.07) is 4.17. The quantitative estimate of drug-likeness (QED) is 0.906. The van der Waals surface area contributed by atoms with E-state index >= 15 is 0 Å². The van der Waals surface area contributed by atoms with Crippen molar-refractivity contribution in [1.29, 1.82) is 0 Å². The highest BCUT2D eigenvalue weighted by Gasteiger charge is 2.26. The van der Waals surface area contributed by atoms with E-state index in [0.29, 0.717) is 12.0 Å². The molecular formula is C17H30N2O2. The molecule has 2 atom stereocenters. The molecule has 1 aromatic rings. The third kappa shape index (κ3) is 5.13. The van der Waals surface area contributed by atoms with E-state index in [9.17, 15) is 0 Å². The van der Waals surface area contributed by atoms with Gasteiger partial charge in [0.1, 0.15) is 11.5 Å². The first-order valence-electron chi connectivity index (χ1n) is 7.95. The average molecular weight is 294 g/mol. The van der Waals surface area contributed by atoms with Crippen LogP contribution in [0.2, 0.25) is 0 Å². The number of piperidine rings is 1. The maximum Gasteiger partial charge on any atom is 0.118 e. The molecule has 1 aliphatic rings. The van der Waals surface area contributed by atoms with Crippen LogP contribution < -0.4 is 5.32 Å². The van der Waals surface area contributed by atoms with E-state index in [1.54, 1.807) is 0 Å². The highest BCUT2D eigenvalue weighted by atomic mass is 16.5. The summed E-state index contributed by atoms with van der Waals surface area (Å²) in [5.41, 5.74) is 0.113. The van der Waals surface area contributed by atoms with Gasteiger partial charge in [-0.25, -0.2) is 0 Å². The molecule has 1 N–H and O–H groups in total. The second-order valence-electron chi connectivity index (χ2n) is 7.25. The molecular weight excluding hydrogens is 264 g/mol. The molecule has 2 rings (SSSR count). The van der Waals surface area contributed by atoms with Gasteiger partial charge in [0.15, 0.2) is 0 Å². The minimum Gasteiger partial charge on any atom is -0.463 e. The summed E-state index contributed by atoms with van der Waals surface area (Å²) in [6.45, 7) is 12.5. The topological polar surface area (TPSA) is 37.6 Å². The normalized spacial score (nSPS) is 24.4. The summed E-state index contributed by atoms with van der Waals surface area (Å²) >= 11 is 0. The van der Waals surface area contributed by atoms with Gasteiger partial charge >= 0.3 is 0 Å². The van der Waals surface area contributed by atoms with Crippen molar-refractivity contribution in [2.75, 3.05) is 20.2 Å². The Balaban J connectivity index is 1.85. The van der Waals surface area contributed by atoms with Gasteiger partial charge in [0.2, 0.25) is 0 Å². The zero-order chi connectivity index (χ0) is 15.5. The molecule has 1 fully saturated rings. The molecule has 1 aromatic heterocycles. The third-order valence-electron chi connectivity index (χ3n) is 4.17. The lowest BCUT2D eigenvalue weighted by Gasteiger charge is -2.35. The van der Waals surface area contributed by atoms with Crippen molar-refractivity contribution in [3.8, 4) is 0 Å². The van der Waals surface area contributed by atoms with E-state index in [1.165, 1.54) is 6.42 Å². The van der Waals surface area contributed by atoms with E-state index in [4.69, 9.17) is 9.15 Å². The molecule has 2 heterocycles. The average Bonchev–Trinajstić information content (AvgIpc) is 2.85. The van der Waals surface area contributed by atoms with Gasteiger partial charge in [-0.15, -0.1) is 0 Å². The number of methoxy groups -OCH3 is 1. The van der Waals surface area contributed by atoms with Crippen molar-refractivity contribution < 1.29 is 9.15 Å². The zero-order valence-electron chi connectivity index (χ0n) is 14.1. The molecule has 2 unspecified atom stereocenters. The minimum absolute atomic E-state index is 0.113. The molecule has 0 spiro atoms. The highest BCUT2D eigenvalue weighted by molar-refractivity contribution is 5.07. The van der Waals surface area contributed by atoms with Crippen LogP contribution in [0.4, 0.5) is 0 Å². The van der Waals surface area contributed by atoms with E-state index in [0.717, 1.165) is 37.7 Å². The summed E-state index contributed by atoms with van der Waals surface area (Å²) in [6.07, 6.45) is 1.54. The van der Waals surface area contributed by atoms with E-state index in [-0.39, 0.29) is 5.54 Å². The van der Waals surface area contributed by atoms with Crippen molar-refractivity contribution in [3.63, 3.8) is 0 Å². The van der Waals surface area contributed by atoms with Crippen LogP contribution in [0.3, 0.4) is 0 Å². The van der Waals surface area contributed by atoms with Crippen LogP contribution in [0.25, 0.3) is 0 Å². The Labute approximate surface area is 128 Å². The van der Waals surface area contributed by atoms with Gasteiger partial charge in [0, 0.05) is 19.2 Å². The van der Waals surface area contributed by atoms with Crippen LogP contribution in [0.1, 0.15) is 45.6 Å². The first-order chi connectivity index (χ1) is 9.87. The van der Waals surface area contributed by atoms with Crippen molar-refractivity contribution in [1.82, 2.24) is 10.2 Å². The summed E-state index contributed by atoms with van der Waals surface area (Å²) in [5.74, 6) is 2.70. The fourth-order valence-electron chi connectivity index (χ4n) is 2.72. The smallest absolute Gasteiger partial charge is 0.118 e. The van der Waals surface area contributed by atoms with Gasteiger partial charge in [-0.3, -0.25) is 4.90 Å². The fourth-order valence-corrected chi connectivity index (χ4v) is 2.72. The molecule has 0 aliphatic carbocycles. The molecule has 21 heavy (non-hydrogen) atoms. The Kier molecular flexibility index (Phi) is 5.47.